The molecule has 0 heterocycles. The first-order chi connectivity index (χ1) is 49.9. The molecule has 0 aliphatic carbocycles. The number of carbonyl (C=O) groups excluding carboxylic acids is 4. The van der Waals surface area contributed by atoms with Gasteiger partial charge in [-0.3, -0.25) is 37.3 Å². The molecule has 0 rings (SSSR count). The number of phosphoric acid groups is 2. The van der Waals surface area contributed by atoms with E-state index >= 15 is 0 Å². The Morgan fingerprint density at radius 1 is 0.282 bits per heavy atom. The summed E-state index contributed by atoms with van der Waals surface area (Å²) >= 11 is 0. The van der Waals surface area contributed by atoms with E-state index in [4.69, 9.17) is 37.0 Å². The first-order valence-corrected chi connectivity index (χ1v) is 46.5. The van der Waals surface area contributed by atoms with Crippen molar-refractivity contribution in [2.75, 3.05) is 39.6 Å². The van der Waals surface area contributed by atoms with E-state index in [9.17, 15) is 43.2 Å². The molecule has 0 aliphatic heterocycles. The second-order valence-corrected chi connectivity index (χ2v) is 33.8. The molecule has 6 atom stereocenters. The van der Waals surface area contributed by atoms with Crippen LogP contribution in [-0.4, -0.2) is 96.7 Å². The molecule has 0 bridgehead atoms. The van der Waals surface area contributed by atoms with Gasteiger partial charge in [0.15, 0.2) is 12.2 Å². The number of hydrogen-bond donors (Lipinski definition) is 3. The van der Waals surface area contributed by atoms with Gasteiger partial charge in [-0.2, -0.15) is 0 Å². The zero-order valence-electron chi connectivity index (χ0n) is 67.6. The molecule has 0 aromatic rings. The summed E-state index contributed by atoms with van der Waals surface area (Å²) in [6.07, 6.45) is 66.7. The van der Waals surface area contributed by atoms with Gasteiger partial charge < -0.3 is 33.8 Å². The number of carbonyl (C=O) groups is 4. The van der Waals surface area contributed by atoms with Gasteiger partial charge in [0.05, 0.1) is 26.4 Å². The molecule has 103 heavy (non-hydrogen) atoms. The van der Waals surface area contributed by atoms with E-state index in [2.05, 4.69) is 41.5 Å². The van der Waals surface area contributed by atoms with Crippen molar-refractivity contribution in [2.45, 2.75) is 464 Å². The van der Waals surface area contributed by atoms with E-state index in [0.29, 0.717) is 25.7 Å². The van der Waals surface area contributed by atoms with Gasteiger partial charge in [-0.1, -0.05) is 395 Å². The summed E-state index contributed by atoms with van der Waals surface area (Å²) in [5.74, 6) is -0.553. The lowest BCUT2D eigenvalue weighted by molar-refractivity contribution is -0.161. The van der Waals surface area contributed by atoms with Crippen LogP contribution in [0.2, 0.25) is 0 Å². The number of esters is 4. The predicted octanol–water partition coefficient (Wildman–Crippen LogP) is 25.5. The van der Waals surface area contributed by atoms with Crippen LogP contribution in [0.25, 0.3) is 0 Å². The highest BCUT2D eigenvalue weighted by atomic mass is 31.2. The Bertz CT molecular complexity index is 1980. The third-order valence-corrected chi connectivity index (χ3v) is 22.0. The minimum atomic E-state index is -4.96. The van der Waals surface area contributed by atoms with Crippen LogP contribution in [0.15, 0.2) is 0 Å². The second-order valence-electron chi connectivity index (χ2n) is 30.9. The van der Waals surface area contributed by atoms with E-state index in [1.807, 2.05) is 0 Å². The van der Waals surface area contributed by atoms with Crippen molar-refractivity contribution in [3.63, 3.8) is 0 Å². The molecular formula is C84H164O17P2. The Balaban J connectivity index is 5.23. The predicted molar refractivity (Wildman–Crippen MR) is 423 cm³/mol. The van der Waals surface area contributed by atoms with Gasteiger partial charge in [0.2, 0.25) is 0 Å². The van der Waals surface area contributed by atoms with Gasteiger partial charge >= 0.3 is 39.5 Å². The summed E-state index contributed by atoms with van der Waals surface area (Å²) in [5.41, 5.74) is 0. The average molecular weight is 1510 g/mol. The van der Waals surface area contributed by atoms with Crippen LogP contribution in [-0.2, 0) is 65.4 Å². The summed E-state index contributed by atoms with van der Waals surface area (Å²) < 4.78 is 68.8. The molecule has 3 N–H and O–H groups in total. The van der Waals surface area contributed by atoms with Gasteiger partial charge in [-0.25, -0.2) is 9.13 Å². The lowest BCUT2D eigenvalue weighted by Crippen LogP contribution is -2.30. The quantitative estimate of drug-likeness (QED) is 0.0222. The summed E-state index contributed by atoms with van der Waals surface area (Å²) in [6.45, 7) is 9.66. The zero-order chi connectivity index (χ0) is 75.6. The largest absolute Gasteiger partial charge is 0.472 e. The minimum absolute atomic E-state index is 0.107. The molecule has 0 aromatic heterocycles. The molecule has 3 unspecified atom stereocenters. The molecule has 0 spiro atoms. The number of hydrogen-bond acceptors (Lipinski definition) is 15. The minimum Gasteiger partial charge on any atom is -0.462 e. The molecule has 0 radical (unpaired) electrons. The molecule has 0 aliphatic rings. The molecule has 17 nitrogen and oxygen atoms in total. The maximum atomic E-state index is 13.1. The van der Waals surface area contributed by atoms with Gasteiger partial charge in [0.1, 0.15) is 19.3 Å². The maximum Gasteiger partial charge on any atom is 0.472 e. The number of phosphoric ester groups is 2. The van der Waals surface area contributed by atoms with Gasteiger partial charge in [-0.15, -0.1) is 0 Å². The highest BCUT2D eigenvalue weighted by molar-refractivity contribution is 7.47. The molecule has 612 valence electrons. The first-order valence-electron chi connectivity index (χ1n) is 43.5. The van der Waals surface area contributed by atoms with Crippen LogP contribution in [0.4, 0.5) is 0 Å². The molecule has 0 aromatic carbocycles. The fraction of sp³-hybridized carbons (Fsp3) is 0.952. The Kier molecular flexibility index (Phi) is 74.1. The summed E-state index contributed by atoms with van der Waals surface area (Å²) in [4.78, 5) is 73.1. The standard InChI is InChI=1S/C84H164O17P2/c1-7-10-12-14-16-18-20-22-24-27-32-35-39-43-47-54-60-66-81(86)94-72-79(100-83(88)68-63-57-49-45-41-37-33-29-26-25-28-31-34-38-42-46-52-58-64-76(4)5)74-98-102(90,91)96-70-78(85)71-97-103(92,93)99-75-80(73-95-82(87)67-61-55-51-50-53-59-65-77(6)9-3)101-84(89)69-62-56-48-44-40-36-30-23-21-19-17-15-13-11-8-2/h76-80,85H,7-75H2,1-6H3,(H,90,91)(H,92,93)/t77?,78-,79-,80-/m1/s1. The summed E-state index contributed by atoms with van der Waals surface area (Å²) in [5, 5.41) is 10.7. The summed E-state index contributed by atoms with van der Waals surface area (Å²) in [7, 11) is -9.92. The smallest absolute Gasteiger partial charge is 0.462 e. The van der Waals surface area contributed by atoms with E-state index in [0.717, 1.165) is 108 Å². The van der Waals surface area contributed by atoms with E-state index < -0.39 is 97.5 Å². The van der Waals surface area contributed by atoms with Gasteiger partial charge in [0, 0.05) is 25.7 Å². The Morgan fingerprint density at radius 3 is 0.738 bits per heavy atom. The molecular weight excluding hydrogens is 1340 g/mol. The third kappa shape index (κ3) is 76.6. The van der Waals surface area contributed by atoms with Crippen molar-refractivity contribution in [3.8, 4) is 0 Å². The number of aliphatic hydroxyl groups is 1. The Morgan fingerprint density at radius 2 is 0.495 bits per heavy atom. The van der Waals surface area contributed by atoms with Crippen LogP contribution < -0.4 is 0 Å². The van der Waals surface area contributed by atoms with Crippen LogP contribution in [0.3, 0.4) is 0 Å². The average Bonchev–Trinajstić information content (AvgIpc) is 0.916. The SMILES string of the molecule is CCCCCCCCCCCCCCCCCCCC(=O)OC[C@H](COP(=O)(O)OC[C@@H](O)COP(=O)(O)OC[C@@H](COC(=O)CCCCCCCCC(C)CC)OC(=O)CCCCCCCCCCCCCCCCC)OC(=O)CCCCCCCCCCCCCCCCCCCCC(C)C. The lowest BCUT2D eigenvalue weighted by atomic mass is 10.00. The zero-order valence-corrected chi connectivity index (χ0v) is 69.4. The molecule has 0 saturated carbocycles. The fourth-order valence-electron chi connectivity index (χ4n) is 13.0. The Hall–Kier alpha value is -1.94. The van der Waals surface area contributed by atoms with Gasteiger partial charge in [0.25, 0.3) is 0 Å². The van der Waals surface area contributed by atoms with Crippen molar-refractivity contribution >= 4 is 39.5 Å². The lowest BCUT2D eigenvalue weighted by Gasteiger charge is -2.21. The number of ether oxygens (including phenoxy) is 4. The van der Waals surface area contributed by atoms with Crippen LogP contribution >= 0.6 is 15.6 Å². The molecule has 0 amide bonds. The fourth-order valence-corrected chi connectivity index (χ4v) is 14.6. The summed E-state index contributed by atoms with van der Waals surface area (Å²) in [6, 6.07) is 0. The Labute approximate surface area is 632 Å². The number of rotatable bonds is 83. The monoisotopic (exact) mass is 1510 g/mol. The van der Waals surface area contributed by atoms with E-state index in [-0.39, 0.29) is 25.7 Å². The van der Waals surface area contributed by atoms with Crippen molar-refractivity contribution in [1.82, 2.24) is 0 Å². The van der Waals surface area contributed by atoms with Crippen molar-refractivity contribution in [2.24, 2.45) is 11.8 Å². The topological polar surface area (TPSA) is 237 Å². The van der Waals surface area contributed by atoms with E-state index in [1.54, 1.807) is 0 Å². The normalized spacial score (nSPS) is 14.1. The van der Waals surface area contributed by atoms with Crippen LogP contribution in [0.1, 0.15) is 446 Å². The highest BCUT2D eigenvalue weighted by Crippen LogP contribution is 2.45. The van der Waals surface area contributed by atoms with Crippen molar-refractivity contribution in [1.29, 1.82) is 0 Å². The van der Waals surface area contributed by atoms with Crippen molar-refractivity contribution in [3.05, 3.63) is 0 Å². The third-order valence-electron chi connectivity index (χ3n) is 20.1. The first kappa shape index (κ1) is 101. The maximum absolute atomic E-state index is 13.1. The molecule has 19 heteroatoms. The van der Waals surface area contributed by atoms with Crippen LogP contribution in [0, 0.1) is 11.8 Å². The number of unbranched alkanes of at least 4 members (excludes halogenated alkanes) is 52. The van der Waals surface area contributed by atoms with Crippen LogP contribution in [0.5, 0.6) is 0 Å². The highest BCUT2D eigenvalue weighted by Gasteiger charge is 2.30. The molecule has 0 fully saturated rings. The number of aliphatic hydroxyl groups excluding tert-OH is 1. The van der Waals surface area contributed by atoms with Gasteiger partial charge in [-0.05, 0) is 37.5 Å². The van der Waals surface area contributed by atoms with E-state index in [1.165, 1.54) is 257 Å². The van der Waals surface area contributed by atoms with Crippen molar-refractivity contribution < 1.29 is 80.2 Å². The molecule has 0 saturated heterocycles. The second kappa shape index (κ2) is 75.5.